The quantitative estimate of drug-likeness (QED) is 0.717. The summed E-state index contributed by atoms with van der Waals surface area (Å²) in [6.07, 6.45) is -2.05. The fourth-order valence-electron chi connectivity index (χ4n) is 1.33. The number of halogens is 6. The predicted octanol–water partition coefficient (Wildman–Crippen LogP) is 1.17. The van der Waals surface area contributed by atoms with Crippen molar-refractivity contribution in [3.63, 3.8) is 0 Å². The molecule has 1 rings (SSSR count). The Balaban J connectivity index is -0.000000117. The van der Waals surface area contributed by atoms with Crippen molar-refractivity contribution in [2.45, 2.75) is 45.0 Å². The number of hydrogen-bond acceptors (Lipinski definition) is 1. The van der Waals surface area contributed by atoms with Crippen molar-refractivity contribution in [2.24, 2.45) is 0 Å². The molecule has 20 heavy (non-hydrogen) atoms. The molecular formula is C10H23F6NO3. The molecule has 0 spiro atoms. The smallest absolute Gasteiger partial charge is 0.372 e. The molecule has 0 heterocycles. The Kier molecular flexibility index (Phi) is 13.0. The lowest BCUT2D eigenvalue weighted by molar-refractivity contribution is -0.396. The van der Waals surface area contributed by atoms with Gasteiger partial charge in [-0.3, -0.25) is 0 Å². The van der Waals surface area contributed by atoms with E-state index in [9.17, 15) is 26.3 Å². The molecule has 0 radical (unpaired) electrons. The Morgan fingerprint density at radius 3 is 0.950 bits per heavy atom. The zero-order chi connectivity index (χ0) is 13.9. The normalized spacial score (nSPS) is 20.1. The largest absolute Gasteiger partial charge is 0.412 e. The Hall–Kier alpha value is -0.580. The zero-order valence-corrected chi connectivity index (χ0v) is 11.5. The van der Waals surface area contributed by atoms with Gasteiger partial charge in [-0.2, -0.15) is 26.3 Å². The van der Waals surface area contributed by atoms with Crippen molar-refractivity contribution < 1.29 is 42.8 Å². The molecule has 0 aromatic heterocycles. The minimum absolute atomic E-state index is 0. The molecule has 1 saturated carbocycles. The highest BCUT2D eigenvalue weighted by molar-refractivity contribution is 5.09. The molecule has 0 saturated heterocycles. The molecule has 0 aromatic carbocycles. The van der Waals surface area contributed by atoms with Crippen LogP contribution in [0.4, 0.5) is 26.3 Å². The van der Waals surface area contributed by atoms with Crippen molar-refractivity contribution in [3.05, 3.63) is 0 Å². The molecule has 6 N–H and O–H groups in total. The van der Waals surface area contributed by atoms with Gasteiger partial charge in [-0.15, -0.1) is 0 Å². The second-order valence-corrected chi connectivity index (χ2v) is 3.78. The second kappa shape index (κ2) is 9.37. The maximum atomic E-state index is 11.6. The topological polar surface area (TPSA) is 97.7 Å². The van der Waals surface area contributed by atoms with Gasteiger partial charge in [0.05, 0.1) is 6.42 Å². The highest BCUT2D eigenvalue weighted by atomic mass is 19.4. The van der Waals surface area contributed by atoms with Crippen LogP contribution in [0.1, 0.15) is 27.2 Å². The fraction of sp³-hybridized carbons (Fsp3) is 1.00. The summed E-state index contributed by atoms with van der Waals surface area (Å²) in [6.45, 7) is 10.1. The third-order valence-electron chi connectivity index (χ3n) is 2.70. The molecule has 1 aliphatic carbocycles. The Bertz CT molecular complexity index is 228. The standard InChI is InChI=1S/C6H15N.C4H2F6.3H2O/c1-4-7(5-2)6-3;5-2(6)1-3(7,8)4(2,9)10;;;/h4-6H2,1-3H3;1H2;3*1H2. The summed E-state index contributed by atoms with van der Waals surface area (Å²) in [4.78, 5) is 2.38. The first-order valence-corrected chi connectivity index (χ1v) is 5.41. The van der Waals surface area contributed by atoms with Crippen LogP contribution < -0.4 is 0 Å². The van der Waals surface area contributed by atoms with E-state index in [0.29, 0.717) is 0 Å². The first-order chi connectivity index (χ1) is 7.55. The highest BCUT2D eigenvalue weighted by Crippen LogP contribution is 2.60. The summed E-state index contributed by atoms with van der Waals surface area (Å²) in [5.41, 5.74) is 0. The molecule has 0 amide bonds. The zero-order valence-electron chi connectivity index (χ0n) is 11.5. The molecular weight excluding hydrogens is 296 g/mol. The van der Waals surface area contributed by atoms with Crippen molar-refractivity contribution in [1.29, 1.82) is 0 Å². The van der Waals surface area contributed by atoms with Crippen molar-refractivity contribution in [1.82, 2.24) is 4.90 Å². The summed E-state index contributed by atoms with van der Waals surface area (Å²) in [5, 5.41) is 0. The van der Waals surface area contributed by atoms with Gasteiger partial charge in [0.2, 0.25) is 0 Å². The van der Waals surface area contributed by atoms with Crippen LogP contribution in [0.25, 0.3) is 0 Å². The predicted molar refractivity (Wildman–Crippen MR) is 63.8 cm³/mol. The Labute approximate surface area is 113 Å². The first kappa shape index (κ1) is 27.7. The van der Waals surface area contributed by atoms with Gasteiger partial charge in [-0.25, -0.2) is 0 Å². The van der Waals surface area contributed by atoms with Gasteiger partial charge in [0.1, 0.15) is 0 Å². The van der Waals surface area contributed by atoms with E-state index in [1.807, 2.05) is 0 Å². The lowest BCUT2D eigenvalue weighted by Crippen LogP contribution is -2.67. The molecule has 0 atom stereocenters. The minimum Gasteiger partial charge on any atom is -0.412 e. The lowest BCUT2D eigenvalue weighted by atomic mass is 9.84. The molecule has 0 unspecified atom stereocenters. The van der Waals surface area contributed by atoms with E-state index in [4.69, 9.17) is 0 Å². The fourth-order valence-corrected chi connectivity index (χ4v) is 1.33. The summed E-state index contributed by atoms with van der Waals surface area (Å²) in [7, 11) is 0. The van der Waals surface area contributed by atoms with E-state index in [1.54, 1.807) is 0 Å². The first-order valence-electron chi connectivity index (χ1n) is 5.41. The molecule has 1 aliphatic rings. The third kappa shape index (κ3) is 5.43. The van der Waals surface area contributed by atoms with E-state index in [0.717, 1.165) is 0 Å². The van der Waals surface area contributed by atoms with Crippen LogP contribution in [0.3, 0.4) is 0 Å². The van der Waals surface area contributed by atoms with Crippen molar-refractivity contribution in [3.8, 4) is 0 Å². The molecule has 4 nitrogen and oxygen atoms in total. The maximum absolute atomic E-state index is 11.6. The summed E-state index contributed by atoms with van der Waals surface area (Å²) >= 11 is 0. The molecule has 128 valence electrons. The molecule has 0 bridgehead atoms. The Morgan fingerprint density at radius 2 is 0.950 bits per heavy atom. The number of hydrogen-bond donors (Lipinski definition) is 0. The van der Waals surface area contributed by atoms with Gasteiger partial charge in [0.25, 0.3) is 0 Å². The van der Waals surface area contributed by atoms with Crippen LogP contribution >= 0.6 is 0 Å². The molecule has 0 aromatic rings. The summed E-state index contributed by atoms with van der Waals surface area (Å²) in [5.74, 6) is -14.2. The van der Waals surface area contributed by atoms with Crippen LogP contribution in [0.5, 0.6) is 0 Å². The van der Waals surface area contributed by atoms with E-state index >= 15 is 0 Å². The van der Waals surface area contributed by atoms with Gasteiger partial charge in [-0.1, -0.05) is 20.8 Å². The van der Waals surface area contributed by atoms with Crippen molar-refractivity contribution in [2.75, 3.05) is 19.6 Å². The molecule has 10 heteroatoms. The van der Waals surface area contributed by atoms with Crippen LogP contribution in [0.2, 0.25) is 0 Å². The second-order valence-electron chi connectivity index (χ2n) is 3.78. The third-order valence-corrected chi connectivity index (χ3v) is 2.70. The van der Waals surface area contributed by atoms with Crippen LogP contribution in [-0.4, -0.2) is 58.7 Å². The molecule has 0 aliphatic heterocycles. The molecule has 1 fully saturated rings. The number of nitrogens with zero attached hydrogens (tertiary/aromatic N) is 1. The SMILES string of the molecule is CCN(CC)CC.FC1(F)CC(F)(F)C1(F)F.O.O.O. The van der Waals surface area contributed by atoms with Crippen molar-refractivity contribution >= 4 is 0 Å². The van der Waals surface area contributed by atoms with Gasteiger partial charge in [0.15, 0.2) is 0 Å². The van der Waals surface area contributed by atoms with E-state index in [2.05, 4.69) is 25.7 Å². The Morgan fingerprint density at radius 1 is 0.700 bits per heavy atom. The monoisotopic (exact) mass is 319 g/mol. The summed E-state index contributed by atoms with van der Waals surface area (Å²) < 4.78 is 69.5. The average Bonchev–Trinajstić information content (AvgIpc) is 2.19. The van der Waals surface area contributed by atoms with Gasteiger partial charge < -0.3 is 21.3 Å². The van der Waals surface area contributed by atoms with Crippen LogP contribution in [0.15, 0.2) is 0 Å². The van der Waals surface area contributed by atoms with E-state index in [-0.39, 0.29) is 16.4 Å². The van der Waals surface area contributed by atoms with E-state index < -0.39 is 24.2 Å². The lowest BCUT2D eigenvalue weighted by Gasteiger charge is -2.42. The number of alkyl halides is 6. The van der Waals surface area contributed by atoms with Gasteiger partial charge in [-0.05, 0) is 19.6 Å². The minimum atomic E-state index is -5.15. The highest BCUT2D eigenvalue weighted by Gasteiger charge is 2.83. The van der Waals surface area contributed by atoms with Crippen LogP contribution in [0, 0.1) is 0 Å². The number of rotatable bonds is 3. The van der Waals surface area contributed by atoms with E-state index in [1.165, 1.54) is 19.6 Å². The average molecular weight is 319 g/mol. The van der Waals surface area contributed by atoms with Gasteiger partial charge >= 0.3 is 17.8 Å². The van der Waals surface area contributed by atoms with Crippen LogP contribution in [-0.2, 0) is 0 Å². The maximum Gasteiger partial charge on any atom is 0.372 e. The van der Waals surface area contributed by atoms with Gasteiger partial charge in [0, 0.05) is 0 Å². The summed E-state index contributed by atoms with van der Waals surface area (Å²) in [6, 6.07) is 0.